The van der Waals surface area contributed by atoms with Crippen molar-refractivity contribution >= 4 is 5.91 Å². The molecule has 0 aromatic carbocycles. The van der Waals surface area contributed by atoms with Gasteiger partial charge in [-0.05, 0) is 38.6 Å². The van der Waals surface area contributed by atoms with Crippen LogP contribution in [0, 0.1) is 5.92 Å². The molecule has 6 nitrogen and oxygen atoms in total. The topological polar surface area (TPSA) is 71.3 Å². The Morgan fingerprint density at radius 1 is 1.18 bits per heavy atom. The number of hydrogen-bond donors (Lipinski definition) is 1. The van der Waals surface area contributed by atoms with Gasteiger partial charge in [-0.3, -0.25) is 4.79 Å². The molecule has 2 atom stereocenters. The van der Waals surface area contributed by atoms with Gasteiger partial charge in [0.15, 0.2) is 0 Å². The van der Waals surface area contributed by atoms with Gasteiger partial charge in [-0.2, -0.15) is 0 Å². The van der Waals surface area contributed by atoms with Crippen LogP contribution in [-0.4, -0.2) is 34.1 Å². The molecule has 3 heterocycles. The van der Waals surface area contributed by atoms with Gasteiger partial charge in [0.25, 0.3) is 0 Å². The summed E-state index contributed by atoms with van der Waals surface area (Å²) in [5.41, 5.74) is 0. The number of nitrogens with one attached hydrogen (secondary N) is 1. The standard InChI is InChI=1S/C16H26N4O2/c1-11(2)16(21)20-10-6-4-8-13(20)15-19-18-14(22-15)12-7-3-5-9-17-12/h11-13,17H,3-10H2,1-2H3. The van der Waals surface area contributed by atoms with Gasteiger partial charge < -0.3 is 14.6 Å². The van der Waals surface area contributed by atoms with Crippen molar-refractivity contribution in [2.75, 3.05) is 13.1 Å². The minimum Gasteiger partial charge on any atom is -0.421 e. The molecule has 2 aliphatic rings. The minimum atomic E-state index is -0.0477. The van der Waals surface area contributed by atoms with Crippen molar-refractivity contribution in [1.29, 1.82) is 0 Å². The van der Waals surface area contributed by atoms with E-state index >= 15 is 0 Å². The van der Waals surface area contributed by atoms with Crippen LogP contribution in [0.1, 0.15) is 76.2 Å². The highest BCUT2D eigenvalue weighted by Gasteiger charge is 2.33. The lowest BCUT2D eigenvalue weighted by Crippen LogP contribution is -2.40. The molecule has 2 fully saturated rings. The van der Waals surface area contributed by atoms with Crippen LogP contribution in [0.25, 0.3) is 0 Å². The fourth-order valence-electron chi connectivity index (χ4n) is 3.37. The molecule has 2 saturated heterocycles. The number of likely N-dealkylation sites (tertiary alicyclic amines) is 1. The van der Waals surface area contributed by atoms with Crippen molar-refractivity contribution in [3.63, 3.8) is 0 Å². The van der Waals surface area contributed by atoms with Gasteiger partial charge in [0.05, 0.1) is 6.04 Å². The van der Waals surface area contributed by atoms with Gasteiger partial charge >= 0.3 is 0 Å². The molecule has 0 saturated carbocycles. The lowest BCUT2D eigenvalue weighted by Gasteiger charge is -2.34. The molecule has 2 unspecified atom stereocenters. The van der Waals surface area contributed by atoms with Gasteiger partial charge in [0.1, 0.15) is 6.04 Å². The summed E-state index contributed by atoms with van der Waals surface area (Å²) in [7, 11) is 0. The first-order chi connectivity index (χ1) is 10.7. The molecule has 2 aliphatic heterocycles. The van der Waals surface area contributed by atoms with Gasteiger partial charge in [0.2, 0.25) is 17.7 Å². The maximum Gasteiger partial charge on any atom is 0.239 e. The summed E-state index contributed by atoms with van der Waals surface area (Å²) in [6, 6.07) is 0.126. The molecule has 6 heteroatoms. The summed E-state index contributed by atoms with van der Waals surface area (Å²) in [5.74, 6) is 1.47. The van der Waals surface area contributed by atoms with Crippen LogP contribution in [0.5, 0.6) is 0 Å². The third-order valence-electron chi connectivity index (χ3n) is 4.63. The summed E-state index contributed by atoms with van der Waals surface area (Å²) in [6.45, 7) is 5.68. The molecule has 0 radical (unpaired) electrons. The molecule has 1 aromatic heterocycles. The Balaban J connectivity index is 1.76. The molecule has 22 heavy (non-hydrogen) atoms. The molecular weight excluding hydrogens is 280 g/mol. The number of amides is 1. The van der Waals surface area contributed by atoms with Crippen LogP contribution >= 0.6 is 0 Å². The van der Waals surface area contributed by atoms with Gasteiger partial charge in [0, 0.05) is 12.5 Å². The number of rotatable bonds is 3. The predicted molar refractivity (Wildman–Crippen MR) is 82.0 cm³/mol. The van der Waals surface area contributed by atoms with Gasteiger partial charge in [-0.1, -0.05) is 20.3 Å². The molecule has 1 aromatic rings. The van der Waals surface area contributed by atoms with E-state index in [1.54, 1.807) is 0 Å². The first kappa shape index (κ1) is 15.5. The highest BCUT2D eigenvalue weighted by molar-refractivity contribution is 5.78. The molecule has 0 bridgehead atoms. The van der Waals surface area contributed by atoms with E-state index in [1.807, 2.05) is 18.7 Å². The summed E-state index contributed by atoms with van der Waals surface area (Å²) in [6.07, 6.45) is 6.51. The second-order valence-electron chi connectivity index (χ2n) is 6.68. The maximum absolute atomic E-state index is 12.4. The van der Waals surface area contributed by atoms with E-state index < -0.39 is 0 Å². The van der Waals surface area contributed by atoms with E-state index in [9.17, 15) is 4.79 Å². The lowest BCUT2D eigenvalue weighted by atomic mass is 10.00. The Bertz CT molecular complexity index is 508. The van der Waals surface area contributed by atoms with E-state index in [4.69, 9.17) is 4.42 Å². The van der Waals surface area contributed by atoms with Crippen molar-refractivity contribution in [3.8, 4) is 0 Å². The van der Waals surface area contributed by atoms with Crippen molar-refractivity contribution in [2.24, 2.45) is 5.92 Å². The number of hydrogen-bond acceptors (Lipinski definition) is 5. The third-order valence-corrected chi connectivity index (χ3v) is 4.63. The van der Waals surface area contributed by atoms with Gasteiger partial charge in [-0.25, -0.2) is 0 Å². The van der Waals surface area contributed by atoms with Crippen molar-refractivity contribution < 1.29 is 9.21 Å². The normalized spacial score (nSPS) is 26.4. The third kappa shape index (κ3) is 3.16. The number of carbonyl (C=O) groups is 1. The van der Waals surface area contributed by atoms with Crippen molar-refractivity contribution in [3.05, 3.63) is 11.8 Å². The monoisotopic (exact) mass is 306 g/mol. The average Bonchev–Trinajstić information content (AvgIpc) is 3.05. The first-order valence-electron chi connectivity index (χ1n) is 8.54. The van der Waals surface area contributed by atoms with Crippen LogP contribution in [0.2, 0.25) is 0 Å². The second-order valence-corrected chi connectivity index (χ2v) is 6.68. The van der Waals surface area contributed by atoms with Crippen molar-refractivity contribution in [2.45, 2.75) is 64.5 Å². The Labute approximate surface area is 131 Å². The Hall–Kier alpha value is -1.43. The second kappa shape index (κ2) is 6.77. The number of carbonyl (C=O) groups excluding carboxylic acids is 1. The summed E-state index contributed by atoms with van der Waals surface area (Å²) < 4.78 is 5.94. The van der Waals surface area contributed by atoms with E-state index in [0.717, 1.165) is 38.8 Å². The zero-order valence-corrected chi connectivity index (χ0v) is 13.5. The predicted octanol–water partition coefficient (Wildman–Crippen LogP) is 2.59. The molecule has 1 N–H and O–H groups in total. The first-order valence-corrected chi connectivity index (χ1v) is 8.54. The summed E-state index contributed by atoms with van der Waals surface area (Å²) in [4.78, 5) is 14.3. The summed E-state index contributed by atoms with van der Waals surface area (Å²) in [5, 5.41) is 11.9. The Morgan fingerprint density at radius 2 is 1.95 bits per heavy atom. The molecule has 3 rings (SSSR count). The summed E-state index contributed by atoms with van der Waals surface area (Å²) >= 11 is 0. The molecule has 122 valence electrons. The van der Waals surface area contributed by atoms with E-state index in [0.29, 0.717) is 11.8 Å². The molecule has 1 amide bonds. The fourth-order valence-corrected chi connectivity index (χ4v) is 3.37. The zero-order chi connectivity index (χ0) is 15.5. The molecular formula is C16H26N4O2. The smallest absolute Gasteiger partial charge is 0.239 e. The van der Waals surface area contributed by atoms with Crippen LogP contribution in [-0.2, 0) is 4.79 Å². The van der Waals surface area contributed by atoms with Gasteiger partial charge in [-0.15, -0.1) is 10.2 Å². The Morgan fingerprint density at radius 3 is 2.68 bits per heavy atom. The molecule has 0 spiro atoms. The van der Waals surface area contributed by atoms with Crippen LogP contribution in [0.3, 0.4) is 0 Å². The SMILES string of the molecule is CC(C)C(=O)N1CCCCC1c1nnc(C2CCCCN2)o1. The van der Waals surface area contributed by atoms with E-state index in [1.165, 1.54) is 12.8 Å². The van der Waals surface area contributed by atoms with Crippen LogP contribution in [0.4, 0.5) is 0 Å². The van der Waals surface area contributed by atoms with Crippen LogP contribution < -0.4 is 5.32 Å². The number of aromatic nitrogens is 2. The van der Waals surface area contributed by atoms with E-state index in [2.05, 4.69) is 15.5 Å². The van der Waals surface area contributed by atoms with E-state index in [-0.39, 0.29) is 23.9 Å². The molecule has 0 aliphatic carbocycles. The highest BCUT2D eigenvalue weighted by atomic mass is 16.4. The quantitative estimate of drug-likeness (QED) is 0.929. The number of nitrogens with zero attached hydrogens (tertiary/aromatic N) is 3. The average molecular weight is 306 g/mol. The largest absolute Gasteiger partial charge is 0.421 e. The van der Waals surface area contributed by atoms with Crippen molar-refractivity contribution in [1.82, 2.24) is 20.4 Å². The maximum atomic E-state index is 12.4. The zero-order valence-electron chi connectivity index (χ0n) is 13.5. The lowest BCUT2D eigenvalue weighted by molar-refractivity contribution is -0.139. The minimum absolute atomic E-state index is 0.00278. The van der Waals surface area contributed by atoms with Crippen LogP contribution in [0.15, 0.2) is 4.42 Å². The highest BCUT2D eigenvalue weighted by Crippen LogP contribution is 2.32. The Kier molecular flexibility index (Phi) is 4.76. The fraction of sp³-hybridized carbons (Fsp3) is 0.812. The number of piperidine rings is 2.